The zero-order chi connectivity index (χ0) is 57.7. The van der Waals surface area contributed by atoms with Crippen molar-refractivity contribution < 1.29 is 29.1 Å². The third kappa shape index (κ3) is 12.1. The van der Waals surface area contributed by atoms with E-state index in [4.69, 9.17) is 15.0 Å². The first-order valence-electron chi connectivity index (χ1n) is 31.1. The zero-order valence-electron chi connectivity index (χ0n) is 49.6. The van der Waals surface area contributed by atoms with Crippen LogP contribution in [0.15, 0.2) is 70.7 Å². The largest absolute Gasteiger partial charge is 0.507 e. The lowest BCUT2D eigenvalue weighted by Crippen LogP contribution is -2.64. The Hall–Kier alpha value is -5.70. The van der Waals surface area contributed by atoms with E-state index < -0.39 is 18.1 Å². The van der Waals surface area contributed by atoms with Crippen molar-refractivity contribution in [2.45, 2.75) is 172 Å². The van der Waals surface area contributed by atoms with Crippen molar-refractivity contribution in [3.05, 3.63) is 83.2 Å². The Bertz CT molecular complexity index is 3020. The fraction of sp³-hybridized carbons (Fsp3) is 0.625. The summed E-state index contributed by atoms with van der Waals surface area (Å²) in [6.45, 7) is 22.3. The van der Waals surface area contributed by atoms with E-state index in [9.17, 15) is 19.8 Å². The van der Waals surface area contributed by atoms with Gasteiger partial charge in [0, 0.05) is 94.1 Å². The molecule has 5 N–H and O–H groups in total. The van der Waals surface area contributed by atoms with Gasteiger partial charge in [-0.25, -0.2) is 4.98 Å². The van der Waals surface area contributed by atoms with Crippen molar-refractivity contribution in [2.75, 3.05) is 81.0 Å². The number of nitrogens with one attached hydrogen (secondary N) is 1. The molecule has 2 unspecified atom stereocenters. The van der Waals surface area contributed by atoms with Crippen LogP contribution in [-0.2, 0) is 14.3 Å². The molecule has 2 aromatic carbocycles. The Morgan fingerprint density at radius 3 is 2.22 bits per heavy atom. The van der Waals surface area contributed by atoms with Gasteiger partial charge in [-0.05, 0) is 152 Å². The van der Waals surface area contributed by atoms with Gasteiger partial charge in [-0.3, -0.25) is 14.5 Å². The molecular weight excluding hydrogens is 1060 g/mol. The van der Waals surface area contributed by atoms with Crippen LogP contribution in [0.3, 0.4) is 0 Å². The van der Waals surface area contributed by atoms with E-state index in [1.807, 2.05) is 75.7 Å². The lowest BCUT2D eigenvalue weighted by atomic mass is 9.76. The topological polar surface area (TPSA) is 206 Å². The number of carbonyl (C=O) groups is 2. The van der Waals surface area contributed by atoms with Gasteiger partial charge in [0.2, 0.25) is 11.8 Å². The molecule has 12 rings (SSSR count). The third-order valence-corrected chi connectivity index (χ3v) is 21.3. The number of amides is 2. The van der Waals surface area contributed by atoms with E-state index in [0.29, 0.717) is 65.0 Å². The summed E-state index contributed by atoms with van der Waals surface area (Å²) >= 11 is 1.61. The number of aliphatic hydroxyl groups is 1. The van der Waals surface area contributed by atoms with Crippen LogP contribution in [0.2, 0.25) is 0 Å². The van der Waals surface area contributed by atoms with Gasteiger partial charge in [-0.15, -0.1) is 21.5 Å². The summed E-state index contributed by atoms with van der Waals surface area (Å²) in [5.74, 6) is 1.91. The van der Waals surface area contributed by atoms with Gasteiger partial charge in [-0.1, -0.05) is 55.4 Å². The number of thiazole rings is 1. The number of phenols is 1. The number of piperazine rings is 1. The van der Waals surface area contributed by atoms with Gasteiger partial charge < -0.3 is 55.0 Å². The molecule has 5 aromatic rings. The molecule has 2 amide bonds. The number of fused-ring (bicyclic) bond motifs is 2. The minimum Gasteiger partial charge on any atom is -0.507 e. The monoisotopic (exact) mass is 1150 g/mol. The molecule has 2 bridgehead atoms. The highest BCUT2D eigenvalue weighted by molar-refractivity contribution is 7.13. The Balaban J connectivity index is 0.551. The number of β-amino-alcohol motifs (C(OH)–C–C–N with tert-alkyl or cyclic N) is 1. The highest BCUT2D eigenvalue weighted by Crippen LogP contribution is 2.46. The van der Waals surface area contributed by atoms with Gasteiger partial charge >= 0.3 is 0 Å². The first-order chi connectivity index (χ1) is 40.0. The van der Waals surface area contributed by atoms with E-state index >= 15 is 0 Å². The van der Waals surface area contributed by atoms with Crippen LogP contribution in [0.25, 0.3) is 21.7 Å². The standard InChI is InChI=1S/C64H88N12O6S/c1-39(2)59(63(80)75-37-49(77)31-55(75)62(79)67-40(3)43-11-13-44(14-12-43)60-41(4)66-38-83-60)57-33-58(70-82-57)73-25-17-42(18-26-73)34-71-23-21-50(22-24-71)81-51-29-48(30-51)72-27-19-45(20-28-72)64(5,6)76-46-15-16-47(76)36-74(35-46)54-32-53(68-69-61(54)65)52-9-7-8-10-56(52)78/h7-14,32-33,38-40,42,45-51,55,59,77-78H,15-31,34-37H2,1-6H3,(H2,65,69)(H,67,79)/t40-,46?,47?,48?,49+,51?,55-,59+/m0/s1. The zero-order valence-corrected chi connectivity index (χ0v) is 50.4. The quantitative estimate of drug-likeness (QED) is 0.0689. The van der Waals surface area contributed by atoms with Crippen molar-refractivity contribution in [1.82, 2.24) is 45.3 Å². The molecule has 83 heavy (non-hydrogen) atoms. The summed E-state index contributed by atoms with van der Waals surface area (Å²) in [7, 11) is 0. The van der Waals surface area contributed by atoms with Crippen LogP contribution in [0, 0.1) is 24.7 Å². The minimum absolute atomic E-state index is 0.0940. The number of piperidine rings is 3. The van der Waals surface area contributed by atoms with Crippen molar-refractivity contribution in [2.24, 2.45) is 17.8 Å². The van der Waals surface area contributed by atoms with E-state index in [1.54, 1.807) is 22.3 Å². The first kappa shape index (κ1) is 57.7. The maximum absolute atomic E-state index is 14.4. The Morgan fingerprint density at radius 2 is 1.54 bits per heavy atom. The molecule has 1 saturated carbocycles. The number of phenolic OH excluding ortho intramolecular Hbond substituents is 1. The summed E-state index contributed by atoms with van der Waals surface area (Å²) in [5, 5.41) is 37.7. The average molecular weight is 1150 g/mol. The average Bonchev–Trinajstić information content (AvgIpc) is 4.14. The molecule has 6 saturated heterocycles. The number of rotatable bonds is 17. The fourth-order valence-corrected chi connectivity index (χ4v) is 16.3. The predicted molar refractivity (Wildman–Crippen MR) is 324 cm³/mol. The number of nitrogen functional groups attached to an aromatic ring is 1. The van der Waals surface area contributed by atoms with E-state index in [0.717, 1.165) is 118 Å². The van der Waals surface area contributed by atoms with E-state index in [-0.39, 0.29) is 48.0 Å². The van der Waals surface area contributed by atoms with Gasteiger partial charge in [0.15, 0.2) is 17.4 Å². The molecule has 0 spiro atoms. The number of aryl methyl sites for hydroxylation is 1. The molecule has 3 aromatic heterocycles. The second-order valence-electron chi connectivity index (χ2n) is 26.3. The highest BCUT2D eigenvalue weighted by Gasteiger charge is 2.51. The minimum atomic E-state index is -0.794. The number of benzene rings is 2. The lowest BCUT2D eigenvalue weighted by molar-refractivity contribution is -0.141. The number of likely N-dealkylation sites (tertiary alicyclic amines) is 3. The van der Waals surface area contributed by atoms with Crippen molar-refractivity contribution in [3.8, 4) is 27.4 Å². The molecule has 19 heteroatoms. The number of anilines is 3. The lowest BCUT2D eigenvalue weighted by Gasteiger charge is -2.55. The second-order valence-corrected chi connectivity index (χ2v) is 27.2. The molecule has 446 valence electrons. The summed E-state index contributed by atoms with van der Waals surface area (Å²) in [6, 6.07) is 19.8. The maximum Gasteiger partial charge on any atom is 0.243 e. The molecule has 1 aliphatic carbocycles. The number of nitrogens with zero attached hydrogens (tertiary/aromatic N) is 10. The molecule has 7 fully saturated rings. The Morgan fingerprint density at radius 1 is 0.831 bits per heavy atom. The second kappa shape index (κ2) is 24.3. The Labute approximate surface area is 494 Å². The van der Waals surface area contributed by atoms with Crippen molar-refractivity contribution in [3.63, 3.8) is 0 Å². The number of carbonyl (C=O) groups excluding carboxylic acids is 2. The summed E-state index contributed by atoms with van der Waals surface area (Å²) in [6.07, 6.45) is 11.7. The van der Waals surface area contributed by atoms with Gasteiger partial charge in [-0.2, -0.15) is 0 Å². The normalized spacial score (nSPS) is 26.2. The van der Waals surface area contributed by atoms with Gasteiger partial charge in [0.05, 0.1) is 51.8 Å². The third-order valence-electron chi connectivity index (χ3n) is 20.4. The van der Waals surface area contributed by atoms with E-state index in [1.165, 1.54) is 38.8 Å². The summed E-state index contributed by atoms with van der Waals surface area (Å²) in [5.41, 5.74) is 13.7. The van der Waals surface area contributed by atoms with Gasteiger partial charge in [0.25, 0.3) is 0 Å². The first-order valence-corrected chi connectivity index (χ1v) is 32.0. The van der Waals surface area contributed by atoms with Crippen LogP contribution in [-0.4, -0.2) is 175 Å². The summed E-state index contributed by atoms with van der Waals surface area (Å²) in [4.78, 5) is 48.3. The molecule has 0 radical (unpaired) electrons. The fourth-order valence-electron chi connectivity index (χ4n) is 15.5. The van der Waals surface area contributed by atoms with Crippen molar-refractivity contribution in [1.29, 1.82) is 0 Å². The SMILES string of the molecule is Cc1ncsc1-c1ccc([C@H](C)NC(=O)[C@@H]2C[C@@H](O)CN2C(=O)[C@@H](c2cc(N3CCC(CN4CCC(OC5CC(N6CCC(C(C)(C)N7C8CCC7CN(c7cc(-c9ccccc9O)nnc7N)C8)CC6)C5)CC4)CC3)no2)C(C)C)cc1. The number of para-hydroxylation sites is 1. The molecular formula is C64H88N12O6S. The number of aromatic nitrogens is 4. The van der Waals surface area contributed by atoms with E-state index in [2.05, 4.69) is 76.1 Å². The van der Waals surface area contributed by atoms with Gasteiger partial charge in [0.1, 0.15) is 17.7 Å². The number of aliphatic hydroxyl groups excluding tert-OH is 1. The number of nitrogens with two attached hydrogens (primary N) is 1. The van der Waals surface area contributed by atoms with Crippen LogP contribution in [0.5, 0.6) is 5.75 Å². The van der Waals surface area contributed by atoms with Crippen molar-refractivity contribution >= 4 is 40.5 Å². The molecule has 7 aliphatic rings. The molecule has 9 heterocycles. The van der Waals surface area contributed by atoms with Crippen LogP contribution >= 0.6 is 11.3 Å². The number of aromatic hydroxyl groups is 1. The summed E-state index contributed by atoms with van der Waals surface area (Å²) < 4.78 is 12.8. The van der Waals surface area contributed by atoms with Crippen LogP contribution in [0.1, 0.15) is 134 Å². The molecule has 18 nitrogen and oxygen atoms in total. The Kier molecular flexibility index (Phi) is 16.9. The number of hydrogen-bond acceptors (Lipinski definition) is 17. The number of ether oxygens (including phenoxy) is 1. The molecule has 6 atom stereocenters. The maximum atomic E-state index is 14.4. The smallest absolute Gasteiger partial charge is 0.243 e. The number of hydrogen-bond donors (Lipinski definition) is 4. The molecule has 6 aliphatic heterocycles. The predicted octanol–water partition coefficient (Wildman–Crippen LogP) is 8.50. The van der Waals surface area contributed by atoms with Crippen LogP contribution in [0.4, 0.5) is 17.3 Å². The van der Waals surface area contributed by atoms with Crippen LogP contribution < -0.4 is 20.9 Å². The highest BCUT2D eigenvalue weighted by atomic mass is 32.1.